The summed E-state index contributed by atoms with van der Waals surface area (Å²) in [6, 6.07) is 5.14. The van der Waals surface area contributed by atoms with Gasteiger partial charge in [-0.1, -0.05) is 0 Å². The van der Waals surface area contributed by atoms with Gasteiger partial charge in [0.05, 0.1) is 24.1 Å². The van der Waals surface area contributed by atoms with Crippen LogP contribution < -0.4 is 11.1 Å². The van der Waals surface area contributed by atoms with Crippen molar-refractivity contribution in [3.8, 4) is 0 Å². The fourth-order valence-electron chi connectivity index (χ4n) is 2.47. The van der Waals surface area contributed by atoms with Crippen molar-refractivity contribution >= 4 is 33.8 Å². The van der Waals surface area contributed by atoms with Gasteiger partial charge in [0.15, 0.2) is 5.13 Å². The smallest absolute Gasteiger partial charge is 0.340 e. The van der Waals surface area contributed by atoms with E-state index in [1.165, 1.54) is 30.5 Å². The first-order valence-electron chi connectivity index (χ1n) is 6.91. The Morgan fingerprint density at radius 2 is 2.19 bits per heavy atom. The van der Waals surface area contributed by atoms with Crippen LogP contribution in [0.3, 0.4) is 0 Å². The van der Waals surface area contributed by atoms with Gasteiger partial charge in [0.2, 0.25) is 0 Å². The van der Waals surface area contributed by atoms with Gasteiger partial charge in [-0.05, 0) is 43.9 Å². The van der Waals surface area contributed by atoms with Crippen molar-refractivity contribution in [2.75, 3.05) is 18.2 Å². The molecule has 0 radical (unpaired) electrons. The van der Waals surface area contributed by atoms with Crippen molar-refractivity contribution in [2.45, 2.75) is 25.7 Å². The first-order valence-corrected chi connectivity index (χ1v) is 7.72. The van der Waals surface area contributed by atoms with Crippen LogP contribution in [-0.4, -0.2) is 18.1 Å². The van der Waals surface area contributed by atoms with E-state index in [0.29, 0.717) is 16.9 Å². The molecule has 0 fully saturated rings. The summed E-state index contributed by atoms with van der Waals surface area (Å²) >= 11 is 1.66. The Labute approximate surface area is 127 Å². The number of methoxy groups -OCH3 is 1. The number of nitrogens with one attached hydrogen (secondary N) is 1. The molecule has 1 aromatic heterocycles. The predicted octanol–water partition coefficient (Wildman–Crippen LogP) is 3.13. The number of carbonyl (C=O) groups is 1. The molecule has 0 spiro atoms. The number of nitrogens with zero attached hydrogens (tertiary/aromatic N) is 1. The first-order chi connectivity index (χ1) is 10.2. The lowest BCUT2D eigenvalue weighted by molar-refractivity contribution is 0.0602. The van der Waals surface area contributed by atoms with Crippen LogP contribution in [0.1, 0.15) is 33.8 Å². The standard InChI is InChI=1S/C15H17N3O2S/c1-20-14(19)10-8-9(16)6-7-11(10)17-15-18-12-4-2-3-5-13(12)21-15/h6-8H,2-5,16H2,1H3,(H,17,18). The third kappa shape index (κ3) is 2.85. The molecule has 110 valence electrons. The van der Waals surface area contributed by atoms with Crippen LogP contribution in [-0.2, 0) is 17.6 Å². The molecule has 3 N–H and O–H groups in total. The molecular weight excluding hydrogens is 286 g/mol. The Kier molecular flexibility index (Phi) is 3.79. The highest BCUT2D eigenvalue weighted by molar-refractivity contribution is 7.15. The van der Waals surface area contributed by atoms with Crippen LogP contribution in [0, 0.1) is 0 Å². The number of carbonyl (C=O) groups excluding carboxylic acids is 1. The number of benzene rings is 1. The lowest BCUT2D eigenvalue weighted by Gasteiger charge is -2.09. The van der Waals surface area contributed by atoms with Gasteiger partial charge in [0.1, 0.15) is 0 Å². The van der Waals surface area contributed by atoms with Gasteiger partial charge in [-0.2, -0.15) is 0 Å². The fourth-order valence-corrected chi connectivity index (χ4v) is 3.53. The van der Waals surface area contributed by atoms with E-state index in [1.54, 1.807) is 29.5 Å². The summed E-state index contributed by atoms with van der Waals surface area (Å²) in [4.78, 5) is 17.8. The number of nitrogens with two attached hydrogens (primary N) is 1. The molecule has 5 nitrogen and oxygen atoms in total. The first kappa shape index (κ1) is 13.9. The van der Waals surface area contributed by atoms with E-state index in [4.69, 9.17) is 10.5 Å². The Morgan fingerprint density at radius 1 is 1.38 bits per heavy atom. The van der Waals surface area contributed by atoms with Gasteiger partial charge >= 0.3 is 5.97 Å². The van der Waals surface area contributed by atoms with E-state index in [9.17, 15) is 4.79 Å². The molecule has 0 atom stereocenters. The zero-order valence-electron chi connectivity index (χ0n) is 11.8. The van der Waals surface area contributed by atoms with E-state index in [2.05, 4.69) is 10.3 Å². The highest BCUT2D eigenvalue weighted by Gasteiger charge is 2.17. The topological polar surface area (TPSA) is 77.2 Å². The summed E-state index contributed by atoms with van der Waals surface area (Å²) in [5.41, 5.74) is 8.55. The van der Waals surface area contributed by atoms with Crippen molar-refractivity contribution in [3.05, 3.63) is 34.3 Å². The second-order valence-electron chi connectivity index (χ2n) is 5.02. The highest BCUT2D eigenvalue weighted by Crippen LogP contribution is 2.32. The van der Waals surface area contributed by atoms with Crippen molar-refractivity contribution in [2.24, 2.45) is 0 Å². The Hall–Kier alpha value is -2.08. The molecule has 0 unspecified atom stereocenters. The van der Waals surface area contributed by atoms with Gasteiger partial charge in [-0.15, -0.1) is 11.3 Å². The number of esters is 1. The Bertz CT molecular complexity index is 658. The fraction of sp³-hybridized carbons (Fsp3) is 0.333. The average molecular weight is 303 g/mol. The molecule has 0 amide bonds. The number of anilines is 3. The number of thiazole rings is 1. The minimum absolute atomic E-state index is 0.411. The summed E-state index contributed by atoms with van der Waals surface area (Å²) in [6.07, 6.45) is 4.56. The third-order valence-corrected chi connectivity index (χ3v) is 4.61. The SMILES string of the molecule is COC(=O)c1cc(N)ccc1Nc1nc2c(s1)CCCC2. The zero-order chi connectivity index (χ0) is 14.8. The Morgan fingerprint density at radius 3 is 2.95 bits per heavy atom. The molecule has 2 aromatic rings. The third-order valence-electron chi connectivity index (χ3n) is 3.54. The summed E-state index contributed by atoms with van der Waals surface area (Å²) in [7, 11) is 1.36. The minimum atomic E-state index is -0.411. The molecule has 6 heteroatoms. The summed E-state index contributed by atoms with van der Waals surface area (Å²) in [6.45, 7) is 0. The van der Waals surface area contributed by atoms with Crippen molar-refractivity contribution in [1.29, 1.82) is 0 Å². The van der Waals surface area contributed by atoms with Crippen LogP contribution in [0.2, 0.25) is 0 Å². The van der Waals surface area contributed by atoms with Crippen molar-refractivity contribution in [1.82, 2.24) is 4.98 Å². The molecule has 21 heavy (non-hydrogen) atoms. The lowest BCUT2D eigenvalue weighted by atomic mass is 10.0. The van der Waals surface area contributed by atoms with Crippen LogP contribution >= 0.6 is 11.3 Å². The van der Waals surface area contributed by atoms with Crippen LogP contribution in [0.15, 0.2) is 18.2 Å². The number of ether oxygens (including phenoxy) is 1. The minimum Gasteiger partial charge on any atom is -0.465 e. The van der Waals surface area contributed by atoms with E-state index >= 15 is 0 Å². The molecular formula is C15H17N3O2S. The highest BCUT2D eigenvalue weighted by atomic mass is 32.1. The quantitative estimate of drug-likeness (QED) is 0.673. The number of aryl methyl sites for hydroxylation is 2. The number of nitrogen functional groups attached to an aromatic ring is 1. The van der Waals surface area contributed by atoms with Crippen molar-refractivity contribution in [3.63, 3.8) is 0 Å². The maximum atomic E-state index is 11.8. The normalized spacial score (nSPS) is 13.6. The predicted molar refractivity (Wildman–Crippen MR) is 84.2 cm³/mol. The summed E-state index contributed by atoms with van der Waals surface area (Å²) in [5, 5.41) is 4.04. The second-order valence-corrected chi connectivity index (χ2v) is 6.10. The van der Waals surface area contributed by atoms with Crippen LogP contribution in [0.5, 0.6) is 0 Å². The van der Waals surface area contributed by atoms with Gasteiger partial charge in [0.25, 0.3) is 0 Å². The van der Waals surface area contributed by atoms with Gasteiger partial charge in [-0.25, -0.2) is 9.78 Å². The number of aromatic nitrogens is 1. The molecule has 0 aliphatic heterocycles. The van der Waals surface area contributed by atoms with E-state index < -0.39 is 5.97 Å². The molecule has 3 rings (SSSR count). The maximum absolute atomic E-state index is 11.8. The monoisotopic (exact) mass is 303 g/mol. The molecule has 0 saturated carbocycles. The van der Waals surface area contributed by atoms with Gasteiger partial charge in [0, 0.05) is 10.6 Å². The molecule has 1 aliphatic carbocycles. The summed E-state index contributed by atoms with van der Waals surface area (Å²) in [5.74, 6) is -0.411. The second kappa shape index (κ2) is 5.73. The Balaban J connectivity index is 1.90. The molecule has 1 heterocycles. The van der Waals surface area contributed by atoms with Gasteiger partial charge < -0.3 is 15.8 Å². The maximum Gasteiger partial charge on any atom is 0.340 e. The van der Waals surface area contributed by atoms with Crippen LogP contribution in [0.4, 0.5) is 16.5 Å². The van der Waals surface area contributed by atoms with E-state index in [1.807, 2.05) is 0 Å². The van der Waals surface area contributed by atoms with Crippen molar-refractivity contribution < 1.29 is 9.53 Å². The average Bonchev–Trinajstić information content (AvgIpc) is 2.90. The zero-order valence-corrected chi connectivity index (χ0v) is 12.6. The largest absolute Gasteiger partial charge is 0.465 e. The number of hydrogen-bond acceptors (Lipinski definition) is 6. The van der Waals surface area contributed by atoms with Crippen LogP contribution in [0.25, 0.3) is 0 Å². The van der Waals surface area contributed by atoms with Gasteiger partial charge in [-0.3, -0.25) is 0 Å². The number of rotatable bonds is 3. The molecule has 0 saturated heterocycles. The lowest BCUT2D eigenvalue weighted by Crippen LogP contribution is -2.06. The van der Waals surface area contributed by atoms with E-state index in [0.717, 1.165) is 18.0 Å². The van der Waals surface area contributed by atoms with E-state index in [-0.39, 0.29) is 0 Å². The number of hydrogen-bond donors (Lipinski definition) is 2. The molecule has 1 aliphatic rings. The molecule has 0 bridgehead atoms. The molecule has 1 aromatic carbocycles. The number of fused-ring (bicyclic) bond motifs is 1. The summed E-state index contributed by atoms with van der Waals surface area (Å²) < 4.78 is 4.80.